The van der Waals surface area contributed by atoms with Crippen LogP contribution in [0.2, 0.25) is 0 Å². The molecule has 30 heavy (non-hydrogen) atoms. The maximum atomic E-state index is 12.4. The molecule has 1 saturated heterocycles. The van der Waals surface area contributed by atoms with Crippen molar-refractivity contribution in [3.8, 4) is 0 Å². The normalized spacial score (nSPS) is 54.5. The van der Waals surface area contributed by atoms with Crippen LogP contribution < -0.4 is 0 Å². The molecule has 4 aliphatic carbocycles. The number of carbonyl (C=O) groups excluding carboxylic acids is 1. The lowest BCUT2D eigenvalue weighted by Crippen LogP contribution is -2.53. The predicted molar refractivity (Wildman–Crippen MR) is 122 cm³/mol. The van der Waals surface area contributed by atoms with Crippen LogP contribution in [0.25, 0.3) is 0 Å². The monoisotopic (exact) mass is 414 g/mol. The van der Waals surface area contributed by atoms with Crippen molar-refractivity contribution in [1.82, 2.24) is 0 Å². The van der Waals surface area contributed by atoms with E-state index >= 15 is 0 Å². The molecule has 0 amide bonds. The predicted octanol–water partition coefficient (Wildman–Crippen LogP) is 7.26. The number of hydrogen-bond donors (Lipinski definition) is 0. The van der Waals surface area contributed by atoms with Crippen molar-refractivity contribution in [2.45, 2.75) is 111 Å². The van der Waals surface area contributed by atoms with Crippen LogP contribution in [0, 0.1) is 58.2 Å². The van der Waals surface area contributed by atoms with Crippen LogP contribution in [-0.2, 0) is 9.53 Å². The Labute approximate surface area is 185 Å². The first kappa shape index (κ1) is 21.3. The molecule has 11 atom stereocenters. The van der Waals surface area contributed by atoms with Crippen LogP contribution >= 0.6 is 0 Å². The summed E-state index contributed by atoms with van der Waals surface area (Å²) in [5.74, 6) is 5.71. The SMILES string of the molecule is C[C@@H]([C@H]1CC[C@H]2[C@@H]3CC[C@H]4CCCC[C@]4(C)[C@H]3CC[C@]12C)[C@H]1C[C@H](C)[C@@H](C)C(=O)O1. The van der Waals surface area contributed by atoms with Crippen LogP contribution in [0.15, 0.2) is 0 Å². The first-order valence-corrected chi connectivity index (χ1v) is 13.5. The van der Waals surface area contributed by atoms with Gasteiger partial charge in [0.25, 0.3) is 0 Å². The third-order valence-corrected chi connectivity index (χ3v) is 12.0. The van der Waals surface area contributed by atoms with Gasteiger partial charge in [-0.25, -0.2) is 0 Å². The number of fused-ring (bicyclic) bond motifs is 5. The van der Waals surface area contributed by atoms with Crippen molar-refractivity contribution >= 4 is 5.97 Å². The second-order valence-corrected chi connectivity index (χ2v) is 13.0. The number of hydrogen-bond acceptors (Lipinski definition) is 2. The largest absolute Gasteiger partial charge is 0.462 e. The zero-order valence-electron chi connectivity index (χ0n) is 20.3. The Morgan fingerprint density at radius 2 is 1.67 bits per heavy atom. The average molecular weight is 415 g/mol. The quantitative estimate of drug-likeness (QED) is 0.444. The van der Waals surface area contributed by atoms with E-state index in [2.05, 4.69) is 27.7 Å². The number of cyclic esters (lactones) is 1. The van der Waals surface area contributed by atoms with Gasteiger partial charge < -0.3 is 4.74 Å². The summed E-state index contributed by atoms with van der Waals surface area (Å²) < 4.78 is 6.02. The van der Waals surface area contributed by atoms with Gasteiger partial charge >= 0.3 is 5.97 Å². The van der Waals surface area contributed by atoms with Gasteiger partial charge in [-0.1, -0.05) is 47.5 Å². The molecule has 170 valence electrons. The summed E-state index contributed by atoms with van der Waals surface area (Å²) in [6.07, 6.45) is 15.8. The highest BCUT2D eigenvalue weighted by atomic mass is 16.5. The summed E-state index contributed by atoms with van der Waals surface area (Å²) in [5.41, 5.74) is 1.10. The van der Waals surface area contributed by atoms with Crippen LogP contribution in [0.3, 0.4) is 0 Å². The first-order valence-electron chi connectivity index (χ1n) is 13.5. The van der Waals surface area contributed by atoms with E-state index in [-0.39, 0.29) is 18.0 Å². The highest BCUT2D eigenvalue weighted by Gasteiger charge is 2.60. The van der Waals surface area contributed by atoms with Crippen molar-refractivity contribution in [2.24, 2.45) is 58.2 Å². The number of carbonyl (C=O) groups is 1. The summed E-state index contributed by atoms with van der Waals surface area (Å²) in [4.78, 5) is 12.4. The van der Waals surface area contributed by atoms with Gasteiger partial charge in [0.1, 0.15) is 6.10 Å². The highest BCUT2D eigenvalue weighted by Crippen LogP contribution is 2.68. The lowest BCUT2D eigenvalue weighted by atomic mass is 9.44. The van der Waals surface area contributed by atoms with E-state index in [1.165, 1.54) is 64.2 Å². The molecule has 0 spiro atoms. The van der Waals surface area contributed by atoms with Gasteiger partial charge in [0.15, 0.2) is 0 Å². The number of ether oxygens (including phenoxy) is 1. The van der Waals surface area contributed by atoms with Crippen molar-refractivity contribution in [1.29, 1.82) is 0 Å². The average Bonchev–Trinajstić information content (AvgIpc) is 3.07. The fourth-order valence-electron chi connectivity index (χ4n) is 9.89. The minimum absolute atomic E-state index is 0.0533. The fourth-order valence-corrected chi connectivity index (χ4v) is 9.89. The Morgan fingerprint density at radius 1 is 0.900 bits per heavy atom. The standard InChI is InChI=1S/C28H46O2/c1-17-16-25(30-26(29)18(17)2)19(3)22-11-12-23-21-10-9-20-8-6-7-14-27(20,4)24(21)13-15-28(22,23)5/h17-25H,6-16H2,1-5H3/t17-,18+,19-,20+,21-,22+,23-,24-,25+,27-,28+/m0/s1. The van der Waals surface area contributed by atoms with Gasteiger partial charge in [0, 0.05) is 0 Å². The molecule has 0 aromatic heterocycles. The van der Waals surface area contributed by atoms with Gasteiger partial charge in [-0.05, 0) is 110 Å². The van der Waals surface area contributed by atoms with Crippen molar-refractivity contribution in [3.63, 3.8) is 0 Å². The molecule has 2 nitrogen and oxygen atoms in total. The van der Waals surface area contributed by atoms with E-state index < -0.39 is 0 Å². The molecular formula is C28H46O2. The van der Waals surface area contributed by atoms with E-state index in [4.69, 9.17) is 4.74 Å². The fraction of sp³-hybridized carbons (Fsp3) is 0.964. The third kappa shape index (κ3) is 3.05. The molecule has 0 aromatic rings. The molecule has 0 N–H and O–H groups in total. The summed E-state index contributed by atoms with van der Waals surface area (Å²) in [6.45, 7) is 12.1. The van der Waals surface area contributed by atoms with Crippen LogP contribution in [-0.4, -0.2) is 12.1 Å². The van der Waals surface area contributed by atoms with E-state index in [0.717, 1.165) is 36.0 Å². The summed E-state index contributed by atoms with van der Waals surface area (Å²) in [5, 5.41) is 0. The Hall–Kier alpha value is -0.530. The zero-order chi connectivity index (χ0) is 21.3. The van der Waals surface area contributed by atoms with Gasteiger partial charge in [-0.3, -0.25) is 4.79 Å². The molecular weight excluding hydrogens is 368 g/mol. The molecule has 5 fully saturated rings. The molecule has 0 bridgehead atoms. The summed E-state index contributed by atoms with van der Waals surface area (Å²) >= 11 is 0. The summed E-state index contributed by atoms with van der Waals surface area (Å²) in [6, 6.07) is 0. The second-order valence-electron chi connectivity index (χ2n) is 13.0. The second kappa shape index (κ2) is 7.51. The lowest BCUT2D eigenvalue weighted by molar-refractivity contribution is -0.171. The van der Waals surface area contributed by atoms with Gasteiger partial charge in [-0.15, -0.1) is 0 Å². The van der Waals surface area contributed by atoms with Crippen molar-refractivity contribution in [2.75, 3.05) is 0 Å². The molecule has 5 rings (SSSR count). The maximum Gasteiger partial charge on any atom is 0.309 e. The molecule has 0 radical (unpaired) electrons. The van der Waals surface area contributed by atoms with E-state index in [0.29, 0.717) is 22.7 Å². The van der Waals surface area contributed by atoms with Crippen LogP contribution in [0.5, 0.6) is 0 Å². The van der Waals surface area contributed by atoms with E-state index in [1.54, 1.807) is 0 Å². The first-order chi connectivity index (χ1) is 14.3. The molecule has 1 heterocycles. The topological polar surface area (TPSA) is 26.3 Å². The molecule has 1 aliphatic heterocycles. The van der Waals surface area contributed by atoms with Crippen LogP contribution in [0.1, 0.15) is 105 Å². The minimum Gasteiger partial charge on any atom is -0.462 e. The molecule has 0 aromatic carbocycles. The minimum atomic E-state index is 0.0533. The zero-order valence-corrected chi connectivity index (χ0v) is 20.3. The Kier molecular flexibility index (Phi) is 5.34. The van der Waals surface area contributed by atoms with E-state index in [1.807, 2.05) is 6.92 Å². The smallest absolute Gasteiger partial charge is 0.309 e. The summed E-state index contributed by atoms with van der Waals surface area (Å²) in [7, 11) is 0. The molecule has 5 aliphatic rings. The number of esters is 1. The van der Waals surface area contributed by atoms with Crippen molar-refractivity contribution in [3.05, 3.63) is 0 Å². The molecule has 4 saturated carbocycles. The van der Waals surface area contributed by atoms with E-state index in [9.17, 15) is 4.79 Å². The van der Waals surface area contributed by atoms with Crippen LogP contribution in [0.4, 0.5) is 0 Å². The van der Waals surface area contributed by atoms with Gasteiger partial charge in [-0.2, -0.15) is 0 Å². The third-order valence-electron chi connectivity index (χ3n) is 12.0. The molecule has 0 unspecified atom stereocenters. The Morgan fingerprint density at radius 3 is 2.43 bits per heavy atom. The highest BCUT2D eigenvalue weighted by molar-refractivity contribution is 5.73. The van der Waals surface area contributed by atoms with Gasteiger partial charge in [0.2, 0.25) is 0 Å². The number of rotatable bonds is 2. The Bertz CT molecular complexity index is 672. The van der Waals surface area contributed by atoms with Gasteiger partial charge in [0.05, 0.1) is 5.92 Å². The lowest BCUT2D eigenvalue weighted by Gasteiger charge is -2.61. The molecule has 2 heteroatoms. The van der Waals surface area contributed by atoms with Crippen molar-refractivity contribution < 1.29 is 9.53 Å². The maximum absolute atomic E-state index is 12.4. The Balaban J connectivity index is 1.35.